The lowest BCUT2D eigenvalue weighted by Gasteiger charge is -2.36. The van der Waals surface area contributed by atoms with Crippen LogP contribution in [-0.2, 0) is 18.6 Å². The third-order valence-electron chi connectivity index (χ3n) is 7.50. The van der Waals surface area contributed by atoms with Crippen LogP contribution in [0.25, 0.3) is 10.9 Å². The zero-order chi connectivity index (χ0) is 23.2. The molecule has 5 heteroatoms. The van der Waals surface area contributed by atoms with Crippen molar-refractivity contribution in [2.24, 2.45) is 0 Å². The van der Waals surface area contributed by atoms with Crippen LogP contribution in [-0.4, -0.2) is 20.6 Å². The Morgan fingerprint density at radius 3 is 2.67 bits per heavy atom. The van der Waals surface area contributed by atoms with E-state index < -0.39 is 5.60 Å². The molecular weight excluding hydrogens is 435 g/mol. The lowest BCUT2D eigenvalue weighted by molar-refractivity contribution is 0.00798. The zero-order valence-electron chi connectivity index (χ0n) is 18.8. The first-order valence-electron chi connectivity index (χ1n) is 11.7. The third kappa shape index (κ3) is 3.79. The van der Waals surface area contributed by atoms with Gasteiger partial charge < -0.3 is 14.6 Å². The Labute approximate surface area is 199 Å². The summed E-state index contributed by atoms with van der Waals surface area (Å²) in [5.74, 6) is -0.299. The number of halogens is 2. The SMILES string of the molecule is C=CCCCC(O)(Cn1c2c(c3cc(Cl)ccc31)C1CCC(C2)N1C=C)c1ccc(F)cc1. The Bertz CT molecular complexity index is 1200. The van der Waals surface area contributed by atoms with Gasteiger partial charge in [-0.05, 0) is 74.2 Å². The van der Waals surface area contributed by atoms with Gasteiger partial charge in [-0.3, -0.25) is 0 Å². The summed E-state index contributed by atoms with van der Waals surface area (Å²) in [6.45, 7) is 8.30. The molecule has 3 atom stereocenters. The molecule has 0 aliphatic carbocycles. The summed E-state index contributed by atoms with van der Waals surface area (Å²) >= 11 is 6.43. The molecule has 0 spiro atoms. The van der Waals surface area contributed by atoms with Crippen LogP contribution in [0.2, 0.25) is 5.02 Å². The molecule has 2 aliphatic rings. The molecule has 3 heterocycles. The third-order valence-corrected chi connectivity index (χ3v) is 7.74. The van der Waals surface area contributed by atoms with Crippen molar-refractivity contribution in [1.82, 2.24) is 9.47 Å². The van der Waals surface area contributed by atoms with Crippen molar-refractivity contribution in [3.8, 4) is 0 Å². The Hall–Kier alpha value is -2.56. The molecule has 1 aromatic heterocycles. The van der Waals surface area contributed by atoms with Gasteiger partial charge in [-0.15, -0.1) is 6.58 Å². The lowest BCUT2D eigenvalue weighted by atomic mass is 9.88. The molecule has 2 bridgehead atoms. The molecule has 172 valence electrons. The summed E-state index contributed by atoms with van der Waals surface area (Å²) in [6, 6.07) is 13.0. The molecule has 1 N–H and O–H groups in total. The molecule has 0 radical (unpaired) electrons. The smallest absolute Gasteiger partial charge is 0.123 e. The molecule has 2 aromatic carbocycles. The normalized spacial score (nSPS) is 21.1. The number of aromatic nitrogens is 1. The first kappa shape index (κ1) is 22.2. The minimum Gasteiger partial charge on any atom is -0.383 e. The number of rotatable bonds is 8. The first-order valence-corrected chi connectivity index (χ1v) is 12.1. The van der Waals surface area contributed by atoms with Crippen molar-refractivity contribution < 1.29 is 9.50 Å². The molecule has 3 unspecified atom stereocenters. The molecule has 1 saturated heterocycles. The second-order valence-electron chi connectivity index (χ2n) is 9.41. The van der Waals surface area contributed by atoms with Gasteiger partial charge in [0.05, 0.1) is 12.6 Å². The van der Waals surface area contributed by atoms with Crippen molar-refractivity contribution in [1.29, 1.82) is 0 Å². The van der Waals surface area contributed by atoms with Crippen LogP contribution in [0.5, 0.6) is 0 Å². The van der Waals surface area contributed by atoms with Crippen LogP contribution < -0.4 is 0 Å². The first-order chi connectivity index (χ1) is 15.9. The van der Waals surface area contributed by atoms with Gasteiger partial charge in [0.15, 0.2) is 0 Å². The van der Waals surface area contributed by atoms with E-state index in [1.54, 1.807) is 12.1 Å². The fourth-order valence-corrected chi connectivity index (χ4v) is 6.13. The maximum atomic E-state index is 13.7. The summed E-state index contributed by atoms with van der Waals surface area (Å²) in [5, 5.41) is 13.9. The number of hydrogen-bond acceptors (Lipinski definition) is 2. The van der Waals surface area contributed by atoms with Crippen LogP contribution in [0.4, 0.5) is 4.39 Å². The van der Waals surface area contributed by atoms with E-state index in [-0.39, 0.29) is 11.9 Å². The topological polar surface area (TPSA) is 28.4 Å². The minimum atomic E-state index is -1.12. The van der Waals surface area contributed by atoms with E-state index in [0.717, 1.165) is 48.6 Å². The average molecular weight is 465 g/mol. The van der Waals surface area contributed by atoms with Crippen LogP contribution in [0, 0.1) is 5.82 Å². The van der Waals surface area contributed by atoms with Gasteiger partial charge in [0.2, 0.25) is 0 Å². The minimum absolute atomic E-state index is 0.290. The number of nitrogens with zero attached hydrogens (tertiary/aromatic N) is 2. The van der Waals surface area contributed by atoms with Gasteiger partial charge >= 0.3 is 0 Å². The van der Waals surface area contributed by atoms with Crippen molar-refractivity contribution in [3.63, 3.8) is 0 Å². The molecule has 1 fully saturated rings. The molecule has 0 amide bonds. The van der Waals surface area contributed by atoms with Crippen LogP contribution >= 0.6 is 11.6 Å². The fraction of sp³-hybridized carbons (Fsp3) is 0.357. The highest BCUT2D eigenvalue weighted by atomic mass is 35.5. The maximum Gasteiger partial charge on any atom is 0.123 e. The Balaban J connectivity index is 1.64. The van der Waals surface area contributed by atoms with Gasteiger partial charge in [0, 0.05) is 39.6 Å². The predicted molar refractivity (Wildman–Crippen MR) is 133 cm³/mol. The highest BCUT2D eigenvalue weighted by Gasteiger charge is 2.42. The van der Waals surface area contributed by atoms with E-state index in [1.165, 1.54) is 23.4 Å². The second kappa shape index (κ2) is 8.66. The van der Waals surface area contributed by atoms with Gasteiger partial charge in [-0.25, -0.2) is 4.39 Å². The zero-order valence-corrected chi connectivity index (χ0v) is 19.6. The quantitative estimate of drug-likeness (QED) is 0.290. The van der Waals surface area contributed by atoms with Crippen molar-refractivity contribution in [2.45, 2.75) is 62.8 Å². The summed E-state index contributed by atoms with van der Waals surface area (Å²) in [5.41, 5.74) is 3.30. The van der Waals surface area contributed by atoms with E-state index in [1.807, 2.05) is 18.3 Å². The molecule has 5 rings (SSSR count). The summed E-state index contributed by atoms with van der Waals surface area (Å²) < 4.78 is 16.0. The molecule has 33 heavy (non-hydrogen) atoms. The summed E-state index contributed by atoms with van der Waals surface area (Å²) in [7, 11) is 0. The number of unbranched alkanes of at least 4 members (excludes halogenated alkanes) is 1. The van der Waals surface area contributed by atoms with E-state index in [4.69, 9.17) is 11.6 Å². The number of allylic oxidation sites excluding steroid dienone is 1. The van der Waals surface area contributed by atoms with Crippen LogP contribution in [0.1, 0.15) is 55.0 Å². The van der Waals surface area contributed by atoms with Crippen molar-refractivity contribution in [3.05, 3.63) is 95.6 Å². The Kier molecular flexibility index (Phi) is 5.84. The van der Waals surface area contributed by atoms with Gasteiger partial charge in [0.25, 0.3) is 0 Å². The second-order valence-corrected chi connectivity index (χ2v) is 9.84. The summed E-state index contributed by atoms with van der Waals surface area (Å²) in [4.78, 5) is 2.39. The van der Waals surface area contributed by atoms with Crippen LogP contribution in [0.3, 0.4) is 0 Å². The van der Waals surface area contributed by atoms with Crippen molar-refractivity contribution in [2.75, 3.05) is 0 Å². The lowest BCUT2D eigenvalue weighted by Crippen LogP contribution is -2.36. The Morgan fingerprint density at radius 2 is 1.94 bits per heavy atom. The highest BCUT2D eigenvalue weighted by molar-refractivity contribution is 6.31. The van der Waals surface area contributed by atoms with Gasteiger partial charge in [0.1, 0.15) is 11.4 Å². The predicted octanol–water partition coefficient (Wildman–Crippen LogP) is 6.88. The summed E-state index contributed by atoms with van der Waals surface area (Å²) in [6.07, 6.45) is 9.19. The van der Waals surface area contributed by atoms with Gasteiger partial charge in [-0.2, -0.15) is 0 Å². The number of fused-ring (bicyclic) bond motifs is 6. The maximum absolute atomic E-state index is 13.7. The van der Waals surface area contributed by atoms with Gasteiger partial charge in [-0.1, -0.05) is 36.4 Å². The van der Waals surface area contributed by atoms with E-state index in [9.17, 15) is 9.50 Å². The number of aliphatic hydroxyl groups is 1. The molecular formula is C28H30ClFN2O. The molecule has 0 saturated carbocycles. The number of hydrogen-bond donors (Lipinski definition) is 1. The fourth-order valence-electron chi connectivity index (χ4n) is 5.96. The average Bonchev–Trinajstić information content (AvgIpc) is 3.26. The van der Waals surface area contributed by atoms with Crippen molar-refractivity contribution >= 4 is 22.5 Å². The van der Waals surface area contributed by atoms with Crippen LogP contribution in [0.15, 0.2) is 67.9 Å². The molecule has 2 aliphatic heterocycles. The van der Waals surface area contributed by atoms with E-state index in [2.05, 4.69) is 34.8 Å². The number of benzene rings is 2. The monoisotopic (exact) mass is 464 g/mol. The standard InChI is InChI=1S/C28H30ClFN2O/c1-3-5-6-15-28(33,19-7-10-21(30)11-8-19)18-32-24-13-9-20(29)16-23(24)27-25-14-12-22(17-26(27)32)31(25)4-2/h3-4,7-11,13,16,22,25,33H,1-2,5-6,12,14-15,17-18H2. The largest absolute Gasteiger partial charge is 0.383 e. The highest BCUT2D eigenvalue weighted by Crippen LogP contribution is 2.49. The van der Waals surface area contributed by atoms with E-state index >= 15 is 0 Å². The Morgan fingerprint density at radius 1 is 1.15 bits per heavy atom. The van der Waals surface area contributed by atoms with E-state index in [0.29, 0.717) is 24.0 Å². The molecule has 3 nitrogen and oxygen atoms in total. The molecule has 3 aromatic rings.